The van der Waals surface area contributed by atoms with Crippen molar-refractivity contribution in [2.24, 2.45) is 0 Å². The van der Waals surface area contributed by atoms with Gasteiger partial charge in [0, 0.05) is 0 Å². The highest BCUT2D eigenvalue weighted by atomic mass is 16.5. The molecule has 0 aliphatic heterocycles. The van der Waals surface area contributed by atoms with Crippen LogP contribution >= 0.6 is 0 Å². The van der Waals surface area contributed by atoms with Gasteiger partial charge in [0.05, 0.1) is 12.5 Å². The second kappa shape index (κ2) is 4.03. The van der Waals surface area contributed by atoms with Crippen molar-refractivity contribution >= 4 is 16.9 Å². The first-order valence-electron chi connectivity index (χ1n) is 5.32. The summed E-state index contributed by atoms with van der Waals surface area (Å²) in [7, 11) is 1.30. The van der Waals surface area contributed by atoms with E-state index >= 15 is 0 Å². The third kappa shape index (κ3) is 1.57. The van der Waals surface area contributed by atoms with Crippen LogP contribution in [0.1, 0.15) is 10.6 Å². The summed E-state index contributed by atoms with van der Waals surface area (Å²) in [5.74, 6) is 0.0916. The lowest BCUT2D eigenvalue weighted by atomic mass is 10.2. The Hall–Kier alpha value is -2.56. The van der Waals surface area contributed by atoms with Gasteiger partial charge >= 0.3 is 5.97 Å². The van der Waals surface area contributed by atoms with Gasteiger partial charge in [0.15, 0.2) is 17.0 Å². The third-order valence-electron chi connectivity index (χ3n) is 2.60. The maximum atomic E-state index is 11.3. The van der Waals surface area contributed by atoms with Crippen molar-refractivity contribution in [2.45, 2.75) is 0 Å². The van der Waals surface area contributed by atoms with Crippen molar-refractivity contribution in [1.82, 2.24) is 5.16 Å². The molecule has 0 aliphatic carbocycles. The van der Waals surface area contributed by atoms with E-state index in [1.54, 1.807) is 12.1 Å². The van der Waals surface area contributed by atoms with Gasteiger partial charge in [-0.15, -0.1) is 0 Å². The minimum atomic E-state index is -0.519. The van der Waals surface area contributed by atoms with Gasteiger partial charge in [0.2, 0.25) is 5.76 Å². The smallest absolute Gasteiger partial charge is 0.373 e. The molecular formula is C13H9NO4. The second-order valence-corrected chi connectivity index (χ2v) is 3.68. The number of ether oxygens (including phenoxy) is 1. The average molecular weight is 243 g/mol. The van der Waals surface area contributed by atoms with E-state index < -0.39 is 5.97 Å². The van der Waals surface area contributed by atoms with E-state index in [4.69, 9.17) is 8.94 Å². The zero-order chi connectivity index (χ0) is 12.5. The first-order valence-corrected chi connectivity index (χ1v) is 5.32. The highest BCUT2D eigenvalue weighted by Gasteiger charge is 2.16. The largest absolute Gasteiger partial charge is 0.463 e. The molecule has 0 amide bonds. The van der Waals surface area contributed by atoms with Gasteiger partial charge in [0.1, 0.15) is 0 Å². The van der Waals surface area contributed by atoms with Crippen LogP contribution in [0.2, 0.25) is 0 Å². The van der Waals surface area contributed by atoms with Crippen LogP contribution in [-0.2, 0) is 4.74 Å². The predicted molar refractivity (Wildman–Crippen MR) is 63.1 cm³/mol. The Bertz CT molecular complexity index is 710. The molecule has 1 aromatic carbocycles. The van der Waals surface area contributed by atoms with E-state index in [1.165, 1.54) is 7.11 Å². The molecule has 0 saturated heterocycles. The molecule has 2 heterocycles. The van der Waals surface area contributed by atoms with Gasteiger partial charge in [0.25, 0.3) is 0 Å². The standard InChI is InChI=1S/C13H9NO4/c1-16-13(15)11-7-6-10(17-11)12-8-4-2-3-5-9(8)18-14-12/h2-7H,1H3. The van der Waals surface area contributed by atoms with Crippen LogP contribution in [-0.4, -0.2) is 18.2 Å². The molecule has 2 aromatic heterocycles. The molecular weight excluding hydrogens is 234 g/mol. The van der Waals surface area contributed by atoms with Crippen LogP contribution in [0, 0.1) is 0 Å². The molecule has 5 heteroatoms. The number of benzene rings is 1. The maximum Gasteiger partial charge on any atom is 0.373 e. The fraction of sp³-hybridized carbons (Fsp3) is 0.0769. The van der Waals surface area contributed by atoms with Crippen molar-refractivity contribution in [2.75, 3.05) is 7.11 Å². The predicted octanol–water partition coefficient (Wildman–Crippen LogP) is 2.87. The van der Waals surface area contributed by atoms with Gasteiger partial charge in [-0.25, -0.2) is 4.79 Å². The second-order valence-electron chi connectivity index (χ2n) is 3.68. The Morgan fingerprint density at radius 1 is 1.22 bits per heavy atom. The fourth-order valence-electron chi connectivity index (χ4n) is 1.74. The minimum Gasteiger partial charge on any atom is -0.463 e. The summed E-state index contributed by atoms with van der Waals surface area (Å²) >= 11 is 0. The lowest BCUT2D eigenvalue weighted by molar-refractivity contribution is 0.0566. The number of aromatic nitrogens is 1. The number of carbonyl (C=O) groups excluding carboxylic acids is 1. The number of furan rings is 1. The van der Waals surface area contributed by atoms with Crippen molar-refractivity contribution in [3.8, 4) is 11.5 Å². The van der Waals surface area contributed by atoms with Gasteiger partial charge in [-0.1, -0.05) is 17.3 Å². The van der Waals surface area contributed by atoms with Crippen LogP contribution in [0.15, 0.2) is 45.3 Å². The molecule has 0 radical (unpaired) electrons. The van der Waals surface area contributed by atoms with E-state index in [-0.39, 0.29) is 5.76 Å². The lowest BCUT2D eigenvalue weighted by Gasteiger charge is -1.93. The Kier molecular flexibility index (Phi) is 2.37. The Labute approximate surface area is 102 Å². The monoisotopic (exact) mass is 243 g/mol. The van der Waals surface area contributed by atoms with Crippen molar-refractivity contribution in [3.63, 3.8) is 0 Å². The van der Waals surface area contributed by atoms with Crippen LogP contribution in [0.5, 0.6) is 0 Å². The average Bonchev–Trinajstić information content (AvgIpc) is 3.03. The minimum absolute atomic E-state index is 0.139. The molecule has 3 rings (SSSR count). The number of fused-ring (bicyclic) bond motifs is 1. The molecule has 18 heavy (non-hydrogen) atoms. The van der Waals surface area contributed by atoms with Gasteiger partial charge in [-0.3, -0.25) is 0 Å². The lowest BCUT2D eigenvalue weighted by Crippen LogP contribution is -1.98. The zero-order valence-electron chi connectivity index (χ0n) is 9.54. The molecule has 90 valence electrons. The normalized spacial score (nSPS) is 10.7. The summed E-state index contributed by atoms with van der Waals surface area (Å²) < 4.78 is 15.1. The summed E-state index contributed by atoms with van der Waals surface area (Å²) in [5.41, 5.74) is 1.24. The fourth-order valence-corrected chi connectivity index (χ4v) is 1.74. The number of nitrogens with zero attached hydrogens (tertiary/aromatic N) is 1. The van der Waals surface area contributed by atoms with Gasteiger partial charge in [-0.05, 0) is 24.3 Å². The van der Waals surface area contributed by atoms with Crippen molar-refractivity contribution in [1.29, 1.82) is 0 Å². The molecule has 0 saturated carbocycles. The van der Waals surface area contributed by atoms with E-state index in [1.807, 2.05) is 24.3 Å². The first-order chi connectivity index (χ1) is 8.79. The Morgan fingerprint density at radius 2 is 2.06 bits per heavy atom. The van der Waals surface area contributed by atoms with Crippen LogP contribution in [0.3, 0.4) is 0 Å². The molecule has 0 unspecified atom stereocenters. The Balaban J connectivity index is 2.09. The molecule has 0 fully saturated rings. The number of hydrogen-bond donors (Lipinski definition) is 0. The number of hydrogen-bond acceptors (Lipinski definition) is 5. The molecule has 5 nitrogen and oxygen atoms in total. The zero-order valence-corrected chi connectivity index (χ0v) is 9.54. The maximum absolute atomic E-state index is 11.3. The summed E-state index contributed by atoms with van der Waals surface area (Å²) in [6, 6.07) is 10.6. The van der Waals surface area contributed by atoms with E-state index in [0.29, 0.717) is 17.0 Å². The van der Waals surface area contributed by atoms with Gasteiger partial charge in [-0.2, -0.15) is 0 Å². The molecule has 0 bridgehead atoms. The van der Waals surface area contributed by atoms with Crippen molar-refractivity contribution < 1.29 is 18.5 Å². The van der Waals surface area contributed by atoms with Crippen LogP contribution < -0.4 is 0 Å². The van der Waals surface area contributed by atoms with Crippen molar-refractivity contribution in [3.05, 3.63) is 42.2 Å². The number of para-hydroxylation sites is 1. The summed E-state index contributed by atoms with van der Waals surface area (Å²) in [5, 5.41) is 4.78. The quantitative estimate of drug-likeness (QED) is 0.647. The number of carbonyl (C=O) groups is 1. The van der Waals surface area contributed by atoms with E-state index in [9.17, 15) is 4.79 Å². The third-order valence-corrected chi connectivity index (χ3v) is 2.60. The molecule has 0 N–H and O–H groups in total. The Morgan fingerprint density at radius 3 is 2.89 bits per heavy atom. The first kappa shape index (κ1) is 10.6. The number of methoxy groups -OCH3 is 1. The number of esters is 1. The molecule has 0 aliphatic rings. The van der Waals surface area contributed by atoms with E-state index in [2.05, 4.69) is 9.89 Å². The van der Waals surface area contributed by atoms with Crippen LogP contribution in [0.4, 0.5) is 0 Å². The highest BCUT2D eigenvalue weighted by Crippen LogP contribution is 2.29. The highest BCUT2D eigenvalue weighted by molar-refractivity contribution is 5.91. The summed E-state index contributed by atoms with van der Waals surface area (Å²) in [4.78, 5) is 11.3. The molecule has 0 atom stereocenters. The molecule has 0 spiro atoms. The number of rotatable bonds is 2. The van der Waals surface area contributed by atoms with Crippen LogP contribution in [0.25, 0.3) is 22.4 Å². The summed E-state index contributed by atoms with van der Waals surface area (Å²) in [6.45, 7) is 0. The van der Waals surface area contributed by atoms with E-state index in [0.717, 1.165) is 5.39 Å². The topological polar surface area (TPSA) is 65.5 Å². The summed E-state index contributed by atoms with van der Waals surface area (Å²) in [6.07, 6.45) is 0. The SMILES string of the molecule is COC(=O)c1ccc(-c2noc3ccccc23)o1. The molecule has 3 aromatic rings. The van der Waals surface area contributed by atoms with Gasteiger partial charge < -0.3 is 13.7 Å².